The molecule has 154 valence electrons. The molecule has 2 atom stereocenters. The molecule has 1 saturated heterocycles. The van der Waals surface area contributed by atoms with Gasteiger partial charge in [0.2, 0.25) is 11.8 Å². The van der Waals surface area contributed by atoms with Crippen molar-refractivity contribution in [2.45, 2.75) is 31.7 Å². The molecule has 0 aliphatic carbocycles. The van der Waals surface area contributed by atoms with Crippen LogP contribution in [0.3, 0.4) is 0 Å². The summed E-state index contributed by atoms with van der Waals surface area (Å²) in [6.45, 7) is 1.27. The second kappa shape index (κ2) is 11.0. The Hall–Kier alpha value is -2.12. The van der Waals surface area contributed by atoms with Crippen molar-refractivity contribution in [2.75, 3.05) is 33.9 Å². The number of likely N-dealkylation sites (N-methyl/N-ethyl adjacent to an activating group) is 1. The normalized spacial score (nSPS) is 20.7. The van der Waals surface area contributed by atoms with Crippen molar-refractivity contribution in [1.82, 2.24) is 15.5 Å². The van der Waals surface area contributed by atoms with Crippen LogP contribution in [0.25, 0.3) is 0 Å². The highest BCUT2D eigenvalue weighted by molar-refractivity contribution is 6.30. The lowest BCUT2D eigenvalue weighted by Crippen LogP contribution is -2.44. The van der Waals surface area contributed by atoms with Crippen molar-refractivity contribution in [3.8, 4) is 0 Å². The number of hydrogen-bond donors (Lipinski definition) is 2. The molecular weight excluding hydrogens is 382 g/mol. The zero-order valence-corrected chi connectivity index (χ0v) is 17.1. The summed E-state index contributed by atoms with van der Waals surface area (Å²) in [6.07, 6.45) is 2.22. The van der Waals surface area contributed by atoms with Crippen molar-refractivity contribution >= 4 is 29.3 Å². The molecule has 2 rings (SSSR count). The van der Waals surface area contributed by atoms with Gasteiger partial charge in [0, 0.05) is 56.2 Å². The Morgan fingerprint density at radius 2 is 1.96 bits per heavy atom. The van der Waals surface area contributed by atoms with Gasteiger partial charge in [-0.25, -0.2) is 0 Å². The quantitative estimate of drug-likeness (QED) is 0.702. The fourth-order valence-electron chi connectivity index (χ4n) is 3.24. The number of amides is 3. The summed E-state index contributed by atoms with van der Waals surface area (Å²) in [5, 5.41) is 6.37. The highest BCUT2D eigenvalue weighted by atomic mass is 35.5. The molecular formula is C20H28ClN3O4. The lowest BCUT2D eigenvalue weighted by atomic mass is 9.96. The first-order valence-electron chi connectivity index (χ1n) is 9.47. The molecule has 28 heavy (non-hydrogen) atoms. The van der Waals surface area contributed by atoms with Crippen LogP contribution in [0.15, 0.2) is 24.3 Å². The molecule has 1 aromatic rings. The minimum Gasteiger partial charge on any atom is -0.383 e. The number of nitrogens with one attached hydrogen (secondary N) is 2. The summed E-state index contributed by atoms with van der Waals surface area (Å²) in [5.41, 5.74) is 0.522. The van der Waals surface area contributed by atoms with Crippen LogP contribution in [0.2, 0.25) is 5.02 Å². The number of carbonyl (C=O) groups is 3. The van der Waals surface area contributed by atoms with Gasteiger partial charge in [0.1, 0.15) is 0 Å². The van der Waals surface area contributed by atoms with Crippen molar-refractivity contribution < 1.29 is 19.1 Å². The zero-order valence-electron chi connectivity index (χ0n) is 16.4. The van der Waals surface area contributed by atoms with Crippen LogP contribution in [0, 0.1) is 5.92 Å². The summed E-state index contributed by atoms with van der Waals surface area (Å²) in [6, 6.07) is 6.50. The van der Waals surface area contributed by atoms with Crippen LogP contribution in [0.5, 0.6) is 0 Å². The Kier molecular flexibility index (Phi) is 8.73. The summed E-state index contributed by atoms with van der Waals surface area (Å²) in [7, 11) is 3.28. The fraction of sp³-hybridized carbons (Fsp3) is 0.550. The number of benzene rings is 1. The van der Waals surface area contributed by atoms with Gasteiger partial charge in [0.15, 0.2) is 0 Å². The van der Waals surface area contributed by atoms with Crippen LogP contribution in [-0.4, -0.2) is 62.5 Å². The van der Waals surface area contributed by atoms with E-state index in [0.29, 0.717) is 43.1 Å². The van der Waals surface area contributed by atoms with Gasteiger partial charge in [-0.2, -0.15) is 0 Å². The van der Waals surface area contributed by atoms with E-state index in [1.807, 2.05) is 0 Å². The van der Waals surface area contributed by atoms with Gasteiger partial charge in [-0.1, -0.05) is 18.0 Å². The molecule has 0 aromatic heterocycles. The standard InChI is InChI=1S/C20H28ClN3O4/c1-24-13-17(23-20(27)14-6-8-16(21)9-7-14)5-3-4-15(12-18(24)25)19(26)22-10-11-28-2/h6-9,15,17H,3-5,10-13H2,1-2H3,(H,22,26)(H,23,27). The highest BCUT2D eigenvalue weighted by Gasteiger charge is 2.27. The number of ether oxygens (including phenoxy) is 1. The number of rotatable bonds is 6. The first-order chi connectivity index (χ1) is 13.4. The van der Waals surface area contributed by atoms with E-state index in [0.717, 1.165) is 6.42 Å². The number of methoxy groups -OCH3 is 1. The highest BCUT2D eigenvalue weighted by Crippen LogP contribution is 2.19. The fourth-order valence-corrected chi connectivity index (χ4v) is 3.36. The van der Waals surface area contributed by atoms with Crippen LogP contribution in [-0.2, 0) is 14.3 Å². The van der Waals surface area contributed by atoms with Crippen molar-refractivity contribution in [1.29, 1.82) is 0 Å². The maximum absolute atomic E-state index is 12.5. The molecule has 0 saturated carbocycles. The lowest BCUT2D eigenvalue weighted by Gasteiger charge is -2.24. The van der Waals surface area contributed by atoms with Crippen LogP contribution in [0.4, 0.5) is 0 Å². The van der Waals surface area contributed by atoms with Crippen molar-refractivity contribution in [3.63, 3.8) is 0 Å². The molecule has 8 heteroatoms. The maximum atomic E-state index is 12.5. The Labute approximate surface area is 170 Å². The Morgan fingerprint density at radius 1 is 1.25 bits per heavy atom. The first kappa shape index (κ1) is 22.2. The predicted molar refractivity (Wildman–Crippen MR) is 107 cm³/mol. The van der Waals surface area contributed by atoms with E-state index >= 15 is 0 Å². The summed E-state index contributed by atoms with van der Waals surface area (Å²) in [4.78, 5) is 38.9. The third-order valence-electron chi connectivity index (χ3n) is 4.86. The van der Waals surface area contributed by atoms with Gasteiger partial charge in [-0.05, 0) is 37.1 Å². The Balaban J connectivity index is 1.97. The first-order valence-corrected chi connectivity index (χ1v) is 9.85. The summed E-state index contributed by atoms with van der Waals surface area (Å²) >= 11 is 5.86. The van der Waals surface area contributed by atoms with Gasteiger partial charge in [0.25, 0.3) is 5.91 Å². The van der Waals surface area contributed by atoms with E-state index < -0.39 is 0 Å². The smallest absolute Gasteiger partial charge is 0.251 e. The number of carbonyl (C=O) groups excluding carboxylic acids is 3. The molecule has 1 aliphatic rings. The molecule has 1 heterocycles. The minimum atomic E-state index is -0.363. The average Bonchev–Trinajstić information content (AvgIpc) is 2.73. The largest absolute Gasteiger partial charge is 0.383 e. The topological polar surface area (TPSA) is 87.7 Å². The van der Waals surface area contributed by atoms with Crippen LogP contribution >= 0.6 is 11.6 Å². The molecule has 0 spiro atoms. The third-order valence-corrected chi connectivity index (χ3v) is 5.12. The molecule has 2 unspecified atom stereocenters. The van der Waals surface area contributed by atoms with E-state index in [4.69, 9.17) is 16.3 Å². The van der Waals surface area contributed by atoms with Crippen molar-refractivity contribution in [2.24, 2.45) is 5.92 Å². The molecule has 2 N–H and O–H groups in total. The minimum absolute atomic E-state index is 0.0977. The molecule has 0 radical (unpaired) electrons. The van der Waals surface area contributed by atoms with Crippen molar-refractivity contribution in [3.05, 3.63) is 34.9 Å². The second-order valence-corrected chi connectivity index (χ2v) is 7.50. The maximum Gasteiger partial charge on any atom is 0.251 e. The summed E-state index contributed by atoms with van der Waals surface area (Å²) < 4.78 is 4.94. The van der Waals surface area contributed by atoms with Gasteiger partial charge >= 0.3 is 0 Å². The Morgan fingerprint density at radius 3 is 2.64 bits per heavy atom. The lowest BCUT2D eigenvalue weighted by molar-refractivity contribution is -0.135. The van der Waals surface area contributed by atoms with E-state index in [1.165, 1.54) is 0 Å². The molecule has 3 amide bonds. The van der Waals surface area contributed by atoms with Crippen LogP contribution in [0.1, 0.15) is 36.0 Å². The number of nitrogens with zero attached hydrogens (tertiary/aromatic N) is 1. The predicted octanol–water partition coefficient (Wildman–Crippen LogP) is 1.85. The second-order valence-electron chi connectivity index (χ2n) is 7.07. The SMILES string of the molecule is COCCNC(=O)C1CCCC(NC(=O)c2ccc(Cl)cc2)CN(C)C(=O)C1. The molecule has 1 aliphatic heterocycles. The van der Waals surface area contributed by atoms with E-state index in [2.05, 4.69) is 10.6 Å². The van der Waals surface area contributed by atoms with Gasteiger partial charge < -0.3 is 20.3 Å². The molecule has 1 fully saturated rings. The van der Waals surface area contributed by atoms with E-state index in [9.17, 15) is 14.4 Å². The average molecular weight is 410 g/mol. The van der Waals surface area contributed by atoms with E-state index in [1.54, 1.807) is 43.3 Å². The molecule has 7 nitrogen and oxygen atoms in total. The Bertz CT molecular complexity index is 681. The monoisotopic (exact) mass is 409 g/mol. The van der Waals surface area contributed by atoms with Gasteiger partial charge in [-0.3, -0.25) is 14.4 Å². The van der Waals surface area contributed by atoms with Crippen LogP contribution < -0.4 is 10.6 Å². The molecule has 1 aromatic carbocycles. The van der Waals surface area contributed by atoms with Gasteiger partial charge in [0.05, 0.1) is 6.61 Å². The number of hydrogen-bond acceptors (Lipinski definition) is 4. The third kappa shape index (κ3) is 6.80. The number of halogens is 1. The van der Waals surface area contributed by atoms with E-state index in [-0.39, 0.29) is 36.1 Å². The zero-order chi connectivity index (χ0) is 20.5. The summed E-state index contributed by atoms with van der Waals surface area (Å²) in [5.74, 6) is -0.782. The van der Waals surface area contributed by atoms with Gasteiger partial charge in [-0.15, -0.1) is 0 Å². The molecule has 0 bridgehead atoms.